The van der Waals surface area contributed by atoms with E-state index in [0.29, 0.717) is 11.8 Å². The summed E-state index contributed by atoms with van der Waals surface area (Å²) in [5.74, 6) is 5.50. The fraction of sp³-hybridized carbons (Fsp3) is 0.800. The second-order valence-electron chi connectivity index (χ2n) is 8.47. The van der Waals surface area contributed by atoms with Crippen molar-refractivity contribution in [2.45, 2.75) is 70.0 Å². The minimum atomic E-state index is -0.887. The molecule has 2 nitrogen and oxygen atoms in total. The lowest BCUT2D eigenvalue weighted by Gasteiger charge is -2.55. The molecule has 128 valence electrons. The summed E-state index contributed by atoms with van der Waals surface area (Å²) in [7, 11) is 0. The molecule has 3 fully saturated rings. The summed E-state index contributed by atoms with van der Waals surface area (Å²) in [5, 5.41) is 20.8. The second-order valence-corrected chi connectivity index (χ2v) is 8.47. The van der Waals surface area contributed by atoms with Gasteiger partial charge in [0, 0.05) is 5.41 Å². The summed E-state index contributed by atoms with van der Waals surface area (Å²) in [5.41, 5.74) is 0.550. The molecule has 0 amide bonds. The summed E-state index contributed by atoms with van der Waals surface area (Å²) in [6, 6.07) is 0. The monoisotopic (exact) mass is 336 g/mol. The molecule has 0 aliphatic heterocycles. The first-order valence-corrected chi connectivity index (χ1v) is 9.07. The molecule has 23 heavy (non-hydrogen) atoms. The van der Waals surface area contributed by atoms with Gasteiger partial charge in [0.05, 0.1) is 6.10 Å². The summed E-state index contributed by atoms with van der Waals surface area (Å²) in [4.78, 5) is 0. The Kier molecular flexibility index (Phi) is 4.37. The Hall–Kier alpha value is -0.490. The van der Waals surface area contributed by atoms with Crippen molar-refractivity contribution in [1.29, 1.82) is 0 Å². The lowest BCUT2D eigenvalue weighted by Crippen LogP contribution is -2.52. The maximum atomic E-state index is 10.9. The first-order valence-electron chi connectivity index (χ1n) is 9.07. The van der Waals surface area contributed by atoms with Gasteiger partial charge in [-0.3, -0.25) is 0 Å². The fourth-order valence-corrected chi connectivity index (χ4v) is 6.57. The lowest BCUT2D eigenvalue weighted by molar-refractivity contribution is -0.0865. The summed E-state index contributed by atoms with van der Waals surface area (Å²) in [6.45, 7) is 2.25. The van der Waals surface area contributed by atoms with Gasteiger partial charge in [0.25, 0.3) is 0 Å². The zero-order valence-electron chi connectivity index (χ0n) is 14.0. The molecule has 0 bridgehead atoms. The van der Waals surface area contributed by atoms with Crippen LogP contribution >= 0.6 is 12.4 Å². The van der Waals surface area contributed by atoms with Gasteiger partial charge in [-0.05, 0) is 75.0 Å². The quantitative estimate of drug-likeness (QED) is 0.523. The Labute approximate surface area is 146 Å². The van der Waals surface area contributed by atoms with Crippen molar-refractivity contribution in [2.24, 2.45) is 29.1 Å². The number of terminal acetylenes is 1. The molecule has 0 aromatic carbocycles. The van der Waals surface area contributed by atoms with E-state index >= 15 is 0 Å². The van der Waals surface area contributed by atoms with E-state index in [4.69, 9.17) is 6.42 Å². The van der Waals surface area contributed by atoms with Gasteiger partial charge in [-0.1, -0.05) is 24.5 Å². The first-order chi connectivity index (χ1) is 10.5. The maximum Gasteiger partial charge on any atom is 0.130 e. The van der Waals surface area contributed by atoms with Gasteiger partial charge < -0.3 is 10.2 Å². The molecule has 3 saturated carbocycles. The van der Waals surface area contributed by atoms with Crippen LogP contribution in [0.2, 0.25) is 0 Å². The van der Waals surface area contributed by atoms with E-state index in [0.717, 1.165) is 50.4 Å². The molecule has 4 aliphatic rings. The van der Waals surface area contributed by atoms with Crippen LogP contribution < -0.4 is 0 Å². The highest BCUT2D eigenvalue weighted by molar-refractivity contribution is 5.85. The van der Waals surface area contributed by atoms with Gasteiger partial charge in [0.1, 0.15) is 5.60 Å². The molecule has 0 spiro atoms. The zero-order chi connectivity index (χ0) is 15.5. The molecule has 0 heterocycles. The van der Waals surface area contributed by atoms with Crippen molar-refractivity contribution < 1.29 is 10.2 Å². The Morgan fingerprint density at radius 2 is 1.91 bits per heavy atom. The first kappa shape index (κ1) is 17.3. The van der Waals surface area contributed by atoms with Crippen molar-refractivity contribution in [3.8, 4) is 12.3 Å². The third-order valence-corrected chi connectivity index (χ3v) is 7.82. The minimum Gasteiger partial charge on any atom is -0.389 e. The largest absolute Gasteiger partial charge is 0.389 e. The van der Waals surface area contributed by atoms with Crippen molar-refractivity contribution in [1.82, 2.24) is 0 Å². The smallest absolute Gasteiger partial charge is 0.130 e. The second kappa shape index (κ2) is 5.80. The number of fused-ring (bicyclic) bond motifs is 5. The van der Waals surface area contributed by atoms with Crippen LogP contribution in [-0.4, -0.2) is 21.9 Å². The summed E-state index contributed by atoms with van der Waals surface area (Å²) in [6.07, 6.45) is 16.2. The third-order valence-electron chi connectivity index (χ3n) is 7.82. The SMILES string of the molecule is C#C[C@]1(O)CC[C@H]2[C@@H]3CCC4=C[C@@H](O)CC[C@@H]4[C@H]3CC[C@@]21C.Cl. The van der Waals surface area contributed by atoms with Crippen LogP contribution in [0.4, 0.5) is 0 Å². The van der Waals surface area contributed by atoms with Crippen LogP contribution in [0.1, 0.15) is 58.3 Å². The average molecular weight is 337 g/mol. The van der Waals surface area contributed by atoms with Gasteiger partial charge >= 0.3 is 0 Å². The molecule has 0 unspecified atom stereocenters. The molecule has 3 heteroatoms. The Bertz CT molecular complexity index is 550. The highest BCUT2D eigenvalue weighted by atomic mass is 35.5. The summed E-state index contributed by atoms with van der Waals surface area (Å²) >= 11 is 0. The molecular formula is C20H29ClO2. The molecule has 0 aromatic rings. The van der Waals surface area contributed by atoms with E-state index in [-0.39, 0.29) is 23.9 Å². The number of halogens is 1. The number of aliphatic hydroxyl groups is 2. The number of aliphatic hydroxyl groups excluding tert-OH is 1. The molecule has 4 aliphatic carbocycles. The Morgan fingerprint density at radius 3 is 2.65 bits per heavy atom. The molecule has 0 aromatic heterocycles. The van der Waals surface area contributed by atoms with Gasteiger partial charge in [-0.15, -0.1) is 18.8 Å². The van der Waals surface area contributed by atoms with Crippen LogP contribution in [0.15, 0.2) is 11.6 Å². The van der Waals surface area contributed by atoms with Gasteiger partial charge in [0.2, 0.25) is 0 Å². The van der Waals surface area contributed by atoms with E-state index in [9.17, 15) is 10.2 Å². The van der Waals surface area contributed by atoms with Crippen LogP contribution in [-0.2, 0) is 0 Å². The highest BCUT2D eigenvalue weighted by Crippen LogP contribution is 2.64. The van der Waals surface area contributed by atoms with E-state index in [1.807, 2.05) is 0 Å². The van der Waals surface area contributed by atoms with Crippen molar-refractivity contribution in [3.05, 3.63) is 11.6 Å². The zero-order valence-corrected chi connectivity index (χ0v) is 14.8. The average Bonchev–Trinajstić information content (AvgIpc) is 2.79. The van der Waals surface area contributed by atoms with Crippen LogP contribution in [0.3, 0.4) is 0 Å². The molecule has 0 radical (unpaired) electrons. The fourth-order valence-electron chi connectivity index (χ4n) is 6.57. The van der Waals surface area contributed by atoms with Gasteiger partial charge in [0.15, 0.2) is 0 Å². The molecule has 4 rings (SSSR count). The Balaban J connectivity index is 0.00000156. The number of hydrogen-bond acceptors (Lipinski definition) is 2. The number of rotatable bonds is 0. The van der Waals surface area contributed by atoms with Crippen molar-refractivity contribution in [3.63, 3.8) is 0 Å². The molecular weight excluding hydrogens is 308 g/mol. The van der Waals surface area contributed by atoms with Crippen molar-refractivity contribution in [2.75, 3.05) is 0 Å². The lowest BCUT2D eigenvalue weighted by atomic mass is 9.50. The normalized spacial score (nSPS) is 51.4. The molecule has 0 saturated heterocycles. The van der Waals surface area contributed by atoms with Gasteiger partial charge in [-0.2, -0.15) is 0 Å². The highest BCUT2D eigenvalue weighted by Gasteiger charge is 2.61. The number of hydrogen-bond donors (Lipinski definition) is 2. The topological polar surface area (TPSA) is 40.5 Å². The molecule has 7 atom stereocenters. The van der Waals surface area contributed by atoms with Crippen LogP contribution in [0, 0.1) is 41.4 Å². The number of allylic oxidation sites excluding steroid dienone is 1. The predicted molar refractivity (Wildman–Crippen MR) is 94.1 cm³/mol. The maximum absolute atomic E-state index is 10.9. The van der Waals surface area contributed by atoms with Crippen LogP contribution in [0.5, 0.6) is 0 Å². The van der Waals surface area contributed by atoms with Crippen molar-refractivity contribution >= 4 is 12.4 Å². The van der Waals surface area contributed by atoms with E-state index in [1.54, 1.807) is 0 Å². The van der Waals surface area contributed by atoms with Gasteiger partial charge in [-0.25, -0.2) is 0 Å². The third kappa shape index (κ3) is 2.31. The predicted octanol–water partition coefficient (Wildman–Crippen LogP) is 3.71. The van der Waals surface area contributed by atoms with E-state index in [2.05, 4.69) is 18.9 Å². The molecule has 2 N–H and O–H groups in total. The van der Waals surface area contributed by atoms with E-state index < -0.39 is 5.60 Å². The Morgan fingerprint density at radius 1 is 1.13 bits per heavy atom. The summed E-state index contributed by atoms with van der Waals surface area (Å²) < 4.78 is 0. The van der Waals surface area contributed by atoms with Crippen LogP contribution in [0.25, 0.3) is 0 Å². The standard InChI is InChI=1S/C20H28O2.ClH/c1-3-20(22)11-9-18-17-6-4-13-12-14(21)5-7-15(13)16(17)8-10-19(18,20)2;/h1,12,14-18,21-22H,4-11H2,2H3;1H/t14-,15-,16+,17+,18-,19-,20-;/m0./s1. The minimum absolute atomic E-state index is 0. The van der Waals surface area contributed by atoms with E-state index in [1.165, 1.54) is 18.4 Å².